The minimum absolute atomic E-state index is 0.0310. The normalized spacial score (nSPS) is 19.0. The number of amides is 2. The number of nitrogens with one attached hydrogen (secondary N) is 1. The van der Waals surface area contributed by atoms with Gasteiger partial charge >= 0.3 is 12.2 Å². The van der Waals surface area contributed by atoms with E-state index in [0.717, 1.165) is 0 Å². The third-order valence-electron chi connectivity index (χ3n) is 5.22. The number of benzene rings is 1. The molecule has 2 aliphatic heterocycles. The summed E-state index contributed by atoms with van der Waals surface area (Å²) in [6.07, 6.45) is 0.692. The van der Waals surface area contributed by atoms with E-state index in [1.54, 1.807) is 13.0 Å². The SMILES string of the molecule is Cc1c(Oc2ccc([C@@H]3COC(=O)N3)cc2F)ncnc1OC1CCN(C(=O)O)CC1. The third-order valence-corrected chi connectivity index (χ3v) is 5.22. The molecule has 0 unspecified atom stereocenters. The molecule has 2 aliphatic rings. The van der Waals surface area contributed by atoms with Crippen LogP contribution in [0.2, 0.25) is 0 Å². The lowest BCUT2D eigenvalue weighted by atomic mass is 10.1. The predicted octanol–water partition coefficient (Wildman–Crippen LogP) is 3.02. The van der Waals surface area contributed by atoms with Gasteiger partial charge in [0.2, 0.25) is 11.8 Å². The highest BCUT2D eigenvalue weighted by Gasteiger charge is 2.26. The Balaban J connectivity index is 1.44. The summed E-state index contributed by atoms with van der Waals surface area (Å²) in [4.78, 5) is 31.7. The van der Waals surface area contributed by atoms with Gasteiger partial charge in [0.1, 0.15) is 19.0 Å². The van der Waals surface area contributed by atoms with E-state index in [-0.39, 0.29) is 24.3 Å². The molecular weight excluding hydrogens is 411 g/mol. The summed E-state index contributed by atoms with van der Waals surface area (Å²) in [6.45, 7) is 2.61. The smallest absolute Gasteiger partial charge is 0.407 e. The molecule has 31 heavy (non-hydrogen) atoms. The fraction of sp³-hybridized carbons (Fsp3) is 0.400. The Labute approximate surface area is 176 Å². The summed E-state index contributed by atoms with van der Waals surface area (Å²) in [6, 6.07) is 3.96. The molecule has 2 aromatic rings. The molecule has 3 heterocycles. The molecule has 1 aromatic heterocycles. The van der Waals surface area contributed by atoms with Crippen molar-refractivity contribution in [1.29, 1.82) is 0 Å². The average Bonchev–Trinajstić information content (AvgIpc) is 3.19. The van der Waals surface area contributed by atoms with Crippen LogP contribution in [-0.2, 0) is 4.74 Å². The van der Waals surface area contributed by atoms with E-state index in [1.165, 1.54) is 23.4 Å². The molecule has 164 valence electrons. The van der Waals surface area contributed by atoms with Gasteiger partial charge < -0.3 is 29.5 Å². The Kier molecular flexibility index (Phi) is 5.74. The van der Waals surface area contributed by atoms with Crippen molar-refractivity contribution in [3.63, 3.8) is 0 Å². The quantitative estimate of drug-likeness (QED) is 0.739. The summed E-state index contributed by atoms with van der Waals surface area (Å²) in [5.74, 6) is -0.185. The van der Waals surface area contributed by atoms with Crippen molar-refractivity contribution in [2.45, 2.75) is 31.9 Å². The van der Waals surface area contributed by atoms with Crippen molar-refractivity contribution in [3.8, 4) is 17.5 Å². The zero-order valence-corrected chi connectivity index (χ0v) is 16.7. The fourth-order valence-electron chi connectivity index (χ4n) is 3.45. The molecule has 4 rings (SSSR count). The number of carboxylic acid groups (broad SMARTS) is 1. The summed E-state index contributed by atoms with van der Waals surface area (Å²) in [5, 5.41) is 11.6. The Bertz CT molecular complexity index is 996. The van der Waals surface area contributed by atoms with Crippen LogP contribution in [0.5, 0.6) is 17.5 Å². The molecule has 0 aliphatic carbocycles. The summed E-state index contributed by atoms with van der Waals surface area (Å²) in [7, 11) is 0. The second-order valence-electron chi connectivity index (χ2n) is 7.28. The van der Waals surface area contributed by atoms with Gasteiger partial charge in [0.15, 0.2) is 11.6 Å². The van der Waals surface area contributed by atoms with Crippen LogP contribution in [0.4, 0.5) is 14.0 Å². The van der Waals surface area contributed by atoms with Gasteiger partial charge in [-0.25, -0.2) is 23.9 Å². The van der Waals surface area contributed by atoms with Crippen LogP contribution in [0.15, 0.2) is 24.5 Å². The number of alkyl carbamates (subject to hydrolysis) is 1. The summed E-state index contributed by atoms with van der Waals surface area (Å²) in [5.41, 5.74) is 1.06. The van der Waals surface area contributed by atoms with Gasteiger partial charge in [0.05, 0.1) is 11.6 Å². The Morgan fingerprint density at radius 3 is 2.68 bits per heavy atom. The van der Waals surface area contributed by atoms with Gasteiger partial charge in [-0.05, 0) is 24.6 Å². The van der Waals surface area contributed by atoms with Crippen molar-refractivity contribution >= 4 is 12.2 Å². The van der Waals surface area contributed by atoms with Crippen molar-refractivity contribution in [3.05, 3.63) is 41.5 Å². The van der Waals surface area contributed by atoms with Gasteiger partial charge in [-0.15, -0.1) is 0 Å². The first-order valence-electron chi connectivity index (χ1n) is 9.77. The molecule has 11 heteroatoms. The van der Waals surface area contributed by atoms with Crippen LogP contribution in [0.25, 0.3) is 0 Å². The number of hydrogen-bond acceptors (Lipinski definition) is 7. The Morgan fingerprint density at radius 2 is 2.03 bits per heavy atom. The van der Waals surface area contributed by atoms with Crippen LogP contribution in [0.3, 0.4) is 0 Å². The number of aromatic nitrogens is 2. The van der Waals surface area contributed by atoms with Crippen LogP contribution in [-0.4, -0.2) is 58.0 Å². The molecule has 2 fully saturated rings. The second kappa shape index (κ2) is 8.62. The maximum absolute atomic E-state index is 14.6. The van der Waals surface area contributed by atoms with Crippen molar-refractivity contribution in [2.75, 3.05) is 19.7 Å². The molecule has 0 bridgehead atoms. The largest absolute Gasteiger partial charge is 0.474 e. The van der Waals surface area contributed by atoms with Gasteiger partial charge in [0.25, 0.3) is 0 Å². The van der Waals surface area contributed by atoms with Crippen LogP contribution in [0, 0.1) is 12.7 Å². The highest BCUT2D eigenvalue weighted by Crippen LogP contribution is 2.31. The molecule has 0 saturated carbocycles. The average molecular weight is 432 g/mol. The topological polar surface area (TPSA) is 123 Å². The fourth-order valence-corrected chi connectivity index (χ4v) is 3.45. The first-order valence-corrected chi connectivity index (χ1v) is 9.77. The number of hydrogen-bond donors (Lipinski definition) is 2. The van der Waals surface area contributed by atoms with Gasteiger partial charge in [-0.2, -0.15) is 0 Å². The monoisotopic (exact) mass is 432 g/mol. The summed E-state index contributed by atoms with van der Waals surface area (Å²) >= 11 is 0. The molecule has 10 nitrogen and oxygen atoms in total. The maximum atomic E-state index is 14.6. The van der Waals surface area contributed by atoms with E-state index in [4.69, 9.17) is 19.3 Å². The molecule has 2 saturated heterocycles. The van der Waals surface area contributed by atoms with E-state index in [2.05, 4.69) is 15.3 Å². The zero-order chi connectivity index (χ0) is 22.0. The lowest BCUT2D eigenvalue weighted by Gasteiger charge is -2.30. The van der Waals surface area contributed by atoms with Crippen LogP contribution >= 0.6 is 0 Å². The first kappa shape index (κ1) is 20.6. The molecular formula is C20H21FN4O6. The standard InChI is InChI=1S/C20H21FN4O6/c1-11-17(30-13-4-6-25(7-5-13)20(27)28)22-10-23-18(11)31-16-3-2-12(8-14(16)21)15-9-29-19(26)24-15/h2-3,8,10,13,15H,4-7,9H2,1H3,(H,24,26)(H,27,28)/t15-/m0/s1. The Hall–Kier alpha value is -3.63. The number of piperidine rings is 1. The van der Waals surface area contributed by atoms with Crippen molar-refractivity contribution in [2.24, 2.45) is 0 Å². The number of carbonyl (C=O) groups is 2. The first-order chi connectivity index (χ1) is 14.9. The highest BCUT2D eigenvalue weighted by molar-refractivity contribution is 5.70. The van der Waals surface area contributed by atoms with Gasteiger partial charge in [-0.1, -0.05) is 6.07 Å². The van der Waals surface area contributed by atoms with Crippen LogP contribution < -0.4 is 14.8 Å². The molecule has 1 aromatic carbocycles. The highest BCUT2D eigenvalue weighted by atomic mass is 19.1. The molecule has 0 spiro atoms. The van der Waals surface area contributed by atoms with Crippen molar-refractivity contribution in [1.82, 2.24) is 20.2 Å². The van der Waals surface area contributed by atoms with E-state index in [1.807, 2.05) is 0 Å². The number of likely N-dealkylation sites (tertiary alicyclic amines) is 1. The Morgan fingerprint density at radius 1 is 1.29 bits per heavy atom. The molecule has 0 radical (unpaired) electrons. The summed E-state index contributed by atoms with van der Waals surface area (Å²) < 4.78 is 31.0. The van der Waals surface area contributed by atoms with Gasteiger partial charge in [-0.3, -0.25) is 0 Å². The molecule has 1 atom stereocenters. The second-order valence-corrected chi connectivity index (χ2v) is 7.28. The minimum atomic E-state index is -0.941. The lowest BCUT2D eigenvalue weighted by molar-refractivity contribution is 0.0864. The lowest BCUT2D eigenvalue weighted by Crippen LogP contribution is -2.41. The van der Waals surface area contributed by atoms with E-state index < -0.39 is 24.0 Å². The van der Waals surface area contributed by atoms with E-state index in [9.17, 15) is 14.0 Å². The number of cyclic esters (lactones) is 1. The number of ether oxygens (including phenoxy) is 3. The van der Waals surface area contributed by atoms with E-state index in [0.29, 0.717) is 42.9 Å². The minimum Gasteiger partial charge on any atom is -0.474 e. The number of carbonyl (C=O) groups excluding carboxylic acids is 1. The van der Waals surface area contributed by atoms with Gasteiger partial charge in [0, 0.05) is 25.9 Å². The number of halogens is 1. The van der Waals surface area contributed by atoms with E-state index >= 15 is 0 Å². The van der Waals surface area contributed by atoms with Crippen molar-refractivity contribution < 1.29 is 33.3 Å². The third kappa shape index (κ3) is 4.60. The van der Waals surface area contributed by atoms with Crippen LogP contribution in [0.1, 0.15) is 30.0 Å². The zero-order valence-electron chi connectivity index (χ0n) is 16.7. The molecule has 2 N–H and O–H groups in total. The maximum Gasteiger partial charge on any atom is 0.407 e. The predicted molar refractivity (Wildman–Crippen MR) is 104 cm³/mol. The molecule has 2 amide bonds. The number of rotatable bonds is 5. The number of nitrogens with zero attached hydrogens (tertiary/aromatic N) is 3.